The van der Waals surface area contributed by atoms with Gasteiger partial charge in [-0.15, -0.1) is 0 Å². The number of hydrogen-bond donors (Lipinski definition) is 3. The van der Waals surface area contributed by atoms with Crippen molar-refractivity contribution in [3.63, 3.8) is 0 Å². The number of hydrazine groups is 1. The minimum absolute atomic E-state index is 0.107. The molecule has 2 rings (SSSR count). The molecule has 0 amide bonds. The molecular weight excluding hydrogens is 304 g/mol. The van der Waals surface area contributed by atoms with E-state index >= 15 is 0 Å². The summed E-state index contributed by atoms with van der Waals surface area (Å²) in [7, 11) is 1.50. The fraction of sp³-hybridized carbons (Fsp3) is 0.105. The lowest BCUT2D eigenvalue weighted by Gasteiger charge is -2.11. The number of ether oxygens (including phenoxy) is 1. The fourth-order valence-corrected chi connectivity index (χ4v) is 2.06. The van der Waals surface area contributed by atoms with E-state index in [1.54, 1.807) is 13.0 Å². The maximum Gasteiger partial charge on any atom is 0.198 e. The van der Waals surface area contributed by atoms with Crippen molar-refractivity contribution in [3.8, 4) is 11.5 Å². The van der Waals surface area contributed by atoms with Gasteiger partial charge in [-0.3, -0.25) is 4.79 Å². The van der Waals surface area contributed by atoms with Gasteiger partial charge in [-0.25, -0.2) is 0 Å². The van der Waals surface area contributed by atoms with Gasteiger partial charge in [-0.05, 0) is 42.8 Å². The van der Waals surface area contributed by atoms with Crippen molar-refractivity contribution in [2.24, 2.45) is 0 Å². The number of phenols is 1. The molecule has 0 unspecified atom stereocenters. The molecule has 0 aromatic heterocycles. The Morgan fingerprint density at radius 1 is 1.21 bits per heavy atom. The molecule has 0 aliphatic heterocycles. The van der Waals surface area contributed by atoms with Crippen molar-refractivity contribution in [2.45, 2.75) is 6.92 Å². The number of carbonyl (C=O) groups is 1. The number of ketones is 1. The largest absolute Gasteiger partial charge is 0.507 e. The van der Waals surface area contributed by atoms with Crippen molar-refractivity contribution >= 4 is 11.5 Å². The van der Waals surface area contributed by atoms with Crippen LogP contribution in [-0.2, 0) is 0 Å². The minimum atomic E-state index is -0.346. The minimum Gasteiger partial charge on any atom is -0.507 e. The predicted molar refractivity (Wildman–Crippen MR) is 95.1 cm³/mol. The lowest BCUT2D eigenvalue weighted by Crippen LogP contribution is -2.17. The number of carbonyl (C=O) groups excluding carboxylic acids is 1. The van der Waals surface area contributed by atoms with Crippen molar-refractivity contribution in [1.29, 1.82) is 0 Å². The Bertz CT molecular complexity index is 767. The van der Waals surface area contributed by atoms with Crippen LogP contribution in [0.25, 0.3) is 0 Å². The second-order valence-electron chi connectivity index (χ2n) is 5.19. The lowest BCUT2D eigenvalue weighted by atomic mass is 9.98. The molecular formula is C19H20N2O3. The first-order valence-electron chi connectivity index (χ1n) is 7.37. The molecule has 5 heteroatoms. The topological polar surface area (TPSA) is 70.6 Å². The highest BCUT2D eigenvalue weighted by Gasteiger charge is 2.17. The summed E-state index contributed by atoms with van der Waals surface area (Å²) in [4.78, 5) is 12.7. The summed E-state index contributed by atoms with van der Waals surface area (Å²) < 4.78 is 5.11. The first-order chi connectivity index (χ1) is 11.5. The van der Waals surface area contributed by atoms with Gasteiger partial charge in [0.25, 0.3) is 0 Å². The van der Waals surface area contributed by atoms with Gasteiger partial charge in [0, 0.05) is 11.8 Å². The highest BCUT2D eigenvalue weighted by molar-refractivity contribution is 6.13. The Morgan fingerprint density at radius 3 is 2.54 bits per heavy atom. The molecule has 0 fully saturated rings. The first kappa shape index (κ1) is 17.1. The molecule has 0 aliphatic rings. The number of rotatable bonds is 7. The summed E-state index contributed by atoms with van der Waals surface area (Å²) in [6, 6.07) is 14.0. The zero-order chi connectivity index (χ0) is 17.5. The molecule has 2 aromatic carbocycles. The zero-order valence-electron chi connectivity index (χ0n) is 13.7. The quantitative estimate of drug-likeness (QED) is 0.314. The summed E-state index contributed by atoms with van der Waals surface area (Å²) in [5.41, 5.74) is 7.78. The summed E-state index contributed by atoms with van der Waals surface area (Å²) in [6.07, 6.45) is 1.52. The lowest BCUT2D eigenvalue weighted by molar-refractivity contribution is 0.103. The van der Waals surface area contributed by atoms with Gasteiger partial charge in [0.15, 0.2) is 5.78 Å². The molecule has 0 saturated heterocycles. The van der Waals surface area contributed by atoms with E-state index in [1.165, 1.54) is 25.4 Å². The van der Waals surface area contributed by atoms with Gasteiger partial charge in [-0.2, -0.15) is 0 Å². The Labute approximate surface area is 141 Å². The van der Waals surface area contributed by atoms with Crippen molar-refractivity contribution < 1.29 is 14.6 Å². The van der Waals surface area contributed by atoms with Crippen molar-refractivity contribution in [1.82, 2.24) is 5.43 Å². The molecule has 0 saturated carbocycles. The summed E-state index contributed by atoms with van der Waals surface area (Å²) in [5, 5.41) is 9.97. The average molecular weight is 324 g/mol. The number of allylic oxidation sites excluding steroid dienone is 2. The Balaban J connectivity index is 2.22. The Hall–Kier alpha value is -3.21. The van der Waals surface area contributed by atoms with Gasteiger partial charge in [0.2, 0.25) is 0 Å². The number of methoxy groups -OCH3 is 1. The third-order valence-corrected chi connectivity index (χ3v) is 3.36. The average Bonchev–Trinajstić information content (AvgIpc) is 2.59. The van der Waals surface area contributed by atoms with Crippen molar-refractivity contribution in [2.75, 3.05) is 12.5 Å². The van der Waals surface area contributed by atoms with Gasteiger partial charge >= 0.3 is 0 Å². The van der Waals surface area contributed by atoms with E-state index in [1.807, 2.05) is 30.3 Å². The summed E-state index contributed by atoms with van der Waals surface area (Å²) in [6.45, 7) is 5.56. The second-order valence-corrected chi connectivity index (χ2v) is 5.19. The number of nitrogens with one attached hydrogen (secondary N) is 2. The number of para-hydroxylation sites is 1. The second kappa shape index (κ2) is 7.87. The van der Waals surface area contributed by atoms with Crippen LogP contribution in [0.2, 0.25) is 0 Å². The van der Waals surface area contributed by atoms with E-state index in [4.69, 9.17) is 4.74 Å². The Morgan fingerprint density at radius 2 is 1.92 bits per heavy atom. The molecule has 0 atom stereocenters. The van der Waals surface area contributed by atoms with Gasteiger partial charge in [0.05, 0.1) is 18.4 Å². The van der Waals surface area contributed by atoms with Crippen LogP contribution >= 0.6 is 0 Å². The van der Waals surface area contributed by atoms with Gasteiger partial charge in [-0.1, -0.05) is 24.8 Å². The van der Waals surface area contributed by atoms with E-state index in [2.05, 4.69) is 17.4 Å². The molecule has 0 radical (unpaired) electrons. The Kier molecular flexibility index (Phi) is 5.63. The highest BCUT2D eigenvalue weighted by Crippen LogP contribution is 2.26. The van der Waals surface area contributed by atoms with Crippen LogP contribution < -0.4 is 15.6 Å². The summed E-state index contributed by atoms with van der Waals surface area (Å²) in [5.74, 6) is 0.0396. The van der Waals surface area contributed by atoms with Crippen LogP contribution in [-0.4, -0.2) is 18.0 Å². The SMILES string of the molecule is C=C(C)/C(=C/NNc1ccccc1)C(=O)c1cc(OC)ccc1O. The third-order valence-electron chi connectivity index (χ3n) is 3.36. The molecule has 0 heterocycles. The predicted octanol–water partition coefficient (Wildman–Crippen LogP) is 3.66. The van der Waals surface area contributed by atoms with E-state index in [0.29, 0.717) is 16.9 Å². The monoisotopic (exact) mass is 324 g/mol. The van der Waals surface area contributed by atoms with Crippen LogP contribution in [0.3, 0.4) is 0 Å². The first-order valence-corrected chi connectivity index (χ1v) is 7.37. The fourth-order valence-electron chi connectivity index (χ4n) is 2.06. The van der Waals surface area contributed by atoms with E-state index < -0.39 is 0 Å². The molecule has 2 aromatic rings. The summed E-state index contributed by atoms with van der Waals surface area (Å²) >= 11 is 0. The molecule has 0 spiro atoms. The van der Waals surface area contributed by atoms with E-state index in [-0.39, 0.29) is 17.1 Å². The normalized spacial score (nSPS) is 10.8. The molecule has 124 valence electrons. The van der Waals surface area contributed by atoms with Crippen LogP contribution in [0.5, 0.6) is 11.5 Å². The molecule has 24 heavy (non-hydrogen) atoms. The van der Waals surface area contributed by atoms with Crippen LogP contribution in [0.15, 0.2) is 72.5 Å². The number of Topliss-reactive ketones (excluding diaryl/α,β-unsaturated/α-hetero) is 1. The van der Waals surface area contributed by atoms with Crippen LogP contribution in [0.1, 0.15) is 17.3 Å². The zero-order valence-corrected chi connectivity index (χ0v) is 13.7. The number of benzene rings is 2. The number of anilines is 1. The van der Waals surface area contributed by atoms with E-state index in [0.717, 1.165) is 5.69 Å². The van der Waals surface area contributed by atoms with E-state index in [9.17, 15) is 9.90 Å². The maximum atomic E-state index is 12.7. The van der Waals surface area contributed by atoms with Gasteiger partial charge < -0.3 is 20.7 Å². The standard InChI is InChI=1S/C19H20N2O3/c1-13(2)17(12-20-21-14-7-5-4-6-8-14)19(23)16-11-15(24-3)9-10-18(16)22/h4-12,20-22H,1H2,2-3H3/b17-12-. The molecule has 3 N–H and O–H groups in total. The molecule has 0 bridgehead atoms. The van der Waals surface area contributed by atoms with Crippen LogP contribution in [0.4, 0.5) is 5.69 Å². The third kappa shape index (κ3) is 4.16. The number of hydrogen-bond acceptors (Lipinski definition) is 5. The highest BCUT2D eigenvalue weighted by atomic mass is 16.5. The smallest absolute Gasteiger partial charge is 0.198 e. The maximum absolute atomic E-state index is 12.7. The number of phenolic OH excluding ortho intramolecular Hbond substituents is 1. The molecule has 0 aliphatic carbocycles. The van der Waals surface area contributed by atoms with Gasteiger partial charge in [0.1, 0.15) is 11.5 Å². The van der Waals surface area contributed by atoms with Crippen molar-refractivity contribution in [3.05, 3.63) is 78.0 Å². The number of aromatic hydroxyl groups is 1. The molecule has 5 nitrogen and oxygen atoms in total. The van der Waals surface area contributed by atoms with Crippen LogP contribution in [0, 0.1) is 0 Å².